The van der Waals surface area contributed by atoms with Crippen LogP contribution in [0.4, 0.5) is 0 Å². The maximum absolute atomic E-state index is 11.2. The fourth-order valence-corrected chi connectivity index (χ4v) is 1.33. The molecule has 1 saturated heterocycles. The molecule has 2 N–H and O–H groups in total. The van der Waals surface area contributed by atoms with Gasteiger partial charge in [-0.05, 0) is 19.9 Å². The second kappa shape index (κ2) is 6.18. The molecule has 1 rings (SSSR count). The first-order valence-corrected chi connectivity index (χ1v) is 4.31. The lowest BCUT2D eigenvalue weighted by molar-refractivity contribution is -0.152. The molecule has 0 radical (unpaired) electrons. The average Bonchev–Trinajstić information content (AvgIpc) is 2.05. The van der Waals surface area contributed by atoms with Crippen LogP contribution in [0.3, 0.4) is 0 Å². The smallest absolute Gasteiger partial charge is 0.312 e. The number of halogens is 1. The minimum Gasteiger partial charge on any atom is -0.466 e. The molecule has 1 heterocycles. The monoisotopic (exact) mass is 209 g/mol. The first-order chi connectivity index (χ1) is 5.75. The van der Waals surface area contributed by atoms with Crippen LogP contribution in [-0.2, 0) is 9.53 Å². The summed E-state index contributed by atoms with van der Waals surface area (Å²) < 4.78 is 4.81. The lowest BCUT2D eigenvalue weighted by Gasteiger charge is -2.26. The van der Waals surface area contributed by atoms with E-state index in [4.69, 9.17) is 4.74 Å². The van der Waals surface area contributed by atoms with Crippen molar-refractivity contribution in [1.82, 2.24) is 5.32 Å². The van der Waals surface area contributed by atoms with Gasteiger partial charge in [0.1, 0.15) is 0 Å². The fraction of sp³-hybridized carbons (Fsp3) is 0.875. The van der Waals surface area contributed by atoms with Crippen molar-refractivity contribution in [1.29, 1.82) is 0 Å². The maximum Gasteiger partial charge on any atom is 0.312 e. The molecule has 0 spiro atoms. The highest BCUT2D eigenvalue weighted by molar-refractivity contribution is 5.85. The zero-order valence-electron chi connectivity index (χ0n) is 7.66. The van der Waals surface area contributed by atoms with Crippen molar-refractivity contribution in [3.8, 4) is 0 Å². The molecule has 13 heavy (non-hydrogen) atoms. The first kappa shape index (κ1) is 12.7. The summed E-state index contributed by atoms with van der Waals surface area (Å²) in [6.07, 6.45) is 0.0917. The average molecular weight is 210 g/mol. The third-order valence-corrected chi connectivity index (χ3v) is 2.03. The van der Waals surface area contributed by atoms with E-state index in [0.717, 1.165) is 6.54 Å². The summed E-state index contributed by atoms with van der Waals surface area (Å²) in [5.74, 6) is -0.670. The second-order valence-corrected chi connectivity index (χ2v) is 2.92. The minimum atomic E-state index is -0.537. The Hall–Kier alpha value is -0.320. The van der Waals surface area contributed by atoms with Crippen molar-refractivity contribution >= 4 is 18.4 Å². The van der Waals surface area contributed by atoms with E-state index in [2.05, 4.69) is 5.32 Å². The summed E-state index contributed by atoms with van der Waals surface area (Å²) in [5.41, 5.74) is 0. The Kier molecular flexibility index (Phi) is 6.03. The van der Waals surface area contributed by atoms with Crippen molar-refractivity contribution in [3.05, 3.63) is 0 Å². The second-order valence-electron chi connectivity index (χ2n) is 2.92. The zero-order valence-corrected chi connectivity index (χ0v) is 8.47. The Labute approximate surface area is 84.1 Å². The van der Waals surface area contributed by atoms with E-state index in [1.165, 1.54) is 0 Å². The molecule has 78 valence electrons. The first-order valence-electron chi connectivity index (χ1n) is 4.31. The lowest BCUT2D eigenvalue weighted by atomic mass is 9.96. The number of aliphatic hydroxyl groups is 1. The molecular formula is C8H16ClNO3. The molecule has 0 aromatic carbocycles. The van der Waals surface area contributed by atoms with E-state index in [1.54, 1.807) is 6.92 Å². The van der Waals surface area contributed by atoms with Crippen molar-refractivity contribution in [2.24, 2.45) is 5.92 Å². The van der Waals surface area contributed by atoms with Gasteiger partial charge in [-0.3, -0.25) is 4.79 Å². The Bertz CT molecular complexity index is 165. The summed E-state index contributed by atoms with van der Waals surface area (Å²) in [6.45, 7) is 3.44. The van der Waals surface area contributed by atoms with Gasteiger partial charge >= 0.3 is 5.97 Å². The van der Waals surface area contributed by atoms with E-state index in [0.29, 0.717) is 19.6 Å². The van der Waals surface area contributed by atoms with Gasteiger partial charge in [0.15, 0.2) is 0 Å². The molecular weight excluding hydrogens is 194 g/mol. The van der Waals surface area contributed by atoms with Gasteiger partial charge in [-0.2, -0.15) is 0 Å². The van der Waals surface area contributed by atoms with Gasteiger partial charge < -0.3 is 15.2 Å². The summed E-state index contributed by atoms with van der Waals surface area (Å²) >= 11 is 0. The Morgan fingerprint density at radius 2 is 2.38 bits per heavy atom. The number of nitrogens with one attached hydrogen (secondary N) is 1. The van der Waals surface area contributed by atoms with Crippen LogP contribution in [0.25, 0.3) is 0 Å². The van der Waals surface area contributed by atoms with Gasteiger partial charge in [0.25, 0.3) is 0 Å². The molecule has 0 amide bonds. The van der Waals surface area contributed by atoms with E-state index in [1.807, 2.05) is 0 Å². The summed E-state index contributed by atoms with van der Waals surface area (Å²) in [5, 5.41) is 12.5. The molecule has 0 saturated carbocycles. The largest absolute Gasteiger partial charge is 0.466 e. The predicted octanol–water partition coefficient (Wildman–Crippen LogP) is -0.0583. The van der Waals surface area contributed by atoms with Crippen LogP contribution in [0.15, 0.2) is 0 Å². The van der Waals surface area contributed by atoms with Gasteiger partial charge in [0.2, 0.25) is 0 Å². The molecule has 5 heteroatoms. The number of ether oxygens (including phenoxy) is 1. The van der Waals surface area contributed by atoms with Crippen LogP contribution < -0.4 is 5.32 Å². The number of rotatable bonds is 2. The minimum absolute atomic E-state index is 0. The molecule has 0 aromatic heterocycles. The third kappa shape index (κ3) is 3.50. The number of carbonyl (C=O) groups excluding carboxylic acids is 1. The van der Waals surface area contributed by atoms with Crippen molar-refractivity contribution in [3.63, 3.8) is 0 Å². The van der Waals surface area contributed by atoms with Crippen LogP contribution in [0, 0.1) is 5.92 Å². The molecule has 1 aliphatic heterocycles. The third-order valence-electron chi connectivity index (χ3n) is 2.03. The van der Waals surface area contributed by atoms with Gasteiger partial charge in [-0.25, -0.2) is 0 Å². The van der Waals surface area contributed by atoms with Crippen molar-refractivity contribution < 1.29 is 14.6 Å². The van der Waals surface area contributed by atoms with Gasteiger partial charge in [-0.15, -0.1) is 12.4 Å². The standard InChI is InChI=1S/C8H15NO3.ClH/c1-2-12-8(11)6-5-9-4-3-7(6)10;/h6-7,9-10H,2-5H2,1H3;1H/t6-,7-;/m0./s1. The normalized spacial score (nSPS) is 27.5. The molecule has 0 aromatic rings. The number of aliphatic hydroxyl groups excluding tert-OH is 1. The highest BCUT2D eigenvalue weighted by atomic mass is 35.5. The highest BCUT2D eigenvalue weighted by Gasteiger charge is 2.30. The van der Waals surface area contributed by atoms with Crippen molar-refractivity contribution in [2.45, 2.75) is 19.4 Å². The number of esters is 1. The summed E-state index contributed by atoms with van der Waals surface area (Å²) in [6, 6.07) is 0. The molecule has 4 nitrogen and oxygen atoms in total. The fourth-order valence-electron chi connectivity index (χ4n) is 1.33. The van der Waals surface area contributed by atoms with Crippen LogP contribution >= 0.6 is 12.4 Å². The predicted molar refractivity (Wildman–Crippen MR) is 50.9 cm³/mol. The Balaban J connectivity index is 0.00000144. The topological polar surface area (TPSA) is 58.6 Å². The quantitative estimate of drug-likeness (QED) is 0.626. The van der Waals surface area contributed by atoms with Gasteiger partial charge in [0, 0.05) is 6.54 Å². The van der Waals surface area contributed by atoms with E-state index in [9.17, 15) is 9.90 Å². The summed E-state index contributed by atoms with van der Waals surface area (Å²) in [7, 11) is 0. The molecule has 0 bridgehead atoms. The van der Waals surface area contributed by atoms with Crippen LogP contribution in [0.5, 0.6) is 0 Å². The summed E-state index contributed by atoms with van der Waals surface area (Å²) in [4.78, 5) is 11.2. The van der Waals surface area contributed by atoms with E-state index < -0.39 is 6.10 Å². The maximum atomic E-state index is 11.2. The lowest BCUT2D eigenvalue weighted by Crippen LogP contribution is -2.44. The molecule has 0 aliphatic carbocycles. The van der Waals surface area contributed by atoms with Crippen LogP contribution in [-0.4, -0.2) is 36.9 Å². The van der Waals surface area contributed by atoms with Crippen LogP contribution in [0.2, 0.25) is 0 Å². The molecule has 0 unspecified atom stereocenters. The number of piperidine rings is 1. The molecule has 1 aliphatic rings. The number of carbonyl (C=O) groups is 1. The molecule has 1 fully saturated rings. The highest BCUT2D eigenvalue weighted by Crippen LogP contribution is 2.12. The van der Waals surface area contributed by atoms with E-state index in [-0.39, 0.29) is 24.3 Å². The van der Waals surface area contributed by atoms with E-state index >= 15 is 0 Å². The zero-order chi connectivity index (χ0) is 8.97. The van der Waals surface area contributed by atoms with Crippen molar-refractivity contribution in [2.75, 3.05) is 19.7 Å². The Morgan fingerprint density at radius 1 is 1.69 bits per heavy atom. The number of hydrogen-bond acceptors (Lipinski definition) is 4. The van der Waals surface area contributed by atoms with Gasteiger partial charge in [0.05, 0.1) is 18.6 Å². The van der Waals surface area contributed by atoms with Gasteiger partial charge in [-0.1, -0.05) is 0 Å². The number of hydrogen-bond donors (Lipinski definition) is 2. The van der Waals surface area contributed by atoms with Crippen LogP contribution in [0.1, 0.15) is 13.3 Å². The SMILES string of the molecule is CCOC(=O)[C@H]1CNCC[C@@H]1O.Cl. The molecule has 2 atom stereocenters. The Morgan fingerprint density at radius 3 is 2.92 bits per heavy atom.